The van der Waals surface area contributed by atoms with Gasteiger partial charge in [0.25, 0.3) is 11.8 Å². The van der Waals surface area contributed by atoms with E-state index in [2.05, 4.69) is 27.9 Å². The first-order chi connectivity index (χ1) is 40.0. The number of allylic oxidation sites excluding steroid dienone is 4. The van der Waals surface area contributed by atoms with Gasteiger partial charge < -0.3 is 69.8 Å². The molecule has 3 aromatic rings. The maximum atomic E-state index is 14.0. The number of aliphatic hydroxyl groups excluding tert-OH is 5. The number of hydrogen-bond donors (Lipinski definition) is 9. The van der Waals surface area contributed by atoms with Crippen LogP contribution in [0.25, 0.3) is 0 Å². The van der Waals surface area contributed by atoms with Gasteiger partial charge in [0.15, 0.2) is 29.6 Å². The Balaban J connectivity index is 0.736. The summed E-state index contributed by atoms with van der Waals surface area (Å²) in [5, 5.41) is 73.3. The van der Waals surface area contributed by atoms with Crippen molar-refractivity contribution >= 4 is 76.1 Å². The smallest absolute Gasteiger partial charge is 0.413 e. The minimum Gasteiger partial charge on any atom is -0.479 e. The molecule has 0 spiro atoms. The number of hydroxylamine groups is 2. The minimum atomic E-state index is -2.02. The number of aliphatic hydroxyl groups is 5. The summed E-state index contributed by atoms with van der Waals surface area (Å²) >= 11 is 1.27. The number of carboxylic acids is 1. The number of amides is 5. The maximum absolute atomic E-state index is 14.0. The Hall–Kier alpha value is -7.34. The predicted molar refractivity (Wildman–Crippen MR) is 286 cm³/mol. The molecule has 2 aromatic carbocycles. The molecule has 26 nitrogen and oxygen atoms in total. The van der Waals surface area contributed by atoms with E-state index >= 15 is 0 Å². The molecule has 9 N–H and O–H groups in total. The van der Waals surface area contributed by atoms with Gasteiger partial charge in [-0.3, -0.25) is 34.1 Å². The van der Waals surface area contributed by atoms with Gasteiger partial charge in [-0.2, -0.15) is 0 Å². The Morgan fingerprint density at radius 3 is 2.33 bits per heavy atom. The highest BCUT2D eigenvalue weighted by Gasteiger charge is 2.76. The van der Waals surface area contributed by atoms with Crippen LogP contribution in [-0.2, 0) is 75.2 Å². The van der Waals surface area contributed by atoms with E-state index < -0.39 is 139 Å². The number of aliphatic carboxylic acids is 1. The number of Topliss-reactive ketones (excluding diaryl/α,β-unsaturated/α-hetero) is 1. The molecule has 3 saturated carbocycles. The van der Waals surface area contributed by atoms with Crippen LogP contribution in [0.4, 0.5) is 16.3 Å². The zero-order valence-corrected chi connectivity index (χ0v) is 46.3. The number of carboxylic acid groups (broad SMARTS) is 1. The van der Waals surface area contributed by atoms with Crippen molar-refractivity contribution in [3.05, 3.63) is 93.3 Å². The van der Waals surface area contributed by atoms with Crippen LogP contribution in [0.5, 0.6) is 5.75 Å². The van der Waals surface area contributed by atoms with Crippen molar-refractivity contribution in [2.45, 2.75) is 139 Å². The second-order valence-corrected chi connectivity index (χ2v) is 23.4. The van der Waals surface area contributed by atoms with Crippen molar-refractivity contribution in [3.8, 4) is 5.75 Å². The third kappa shape index (κ3) is 11.5. The van der Waals surface area contributed by atoms with E-state index in [1.807, 2.05) is 37.3 Å². The fourth-order valence-corrected chi connectivity index (χ4v) is 14.1. The first-order valence-corrected chi connectivity index (χ1v) is 28.3. The largest absolute Gasteiger partial charge is 0.479 e. The van der Waals surface area contributed by atoms with Gasteiger partial charge >= 0.3 is 18.0 Å². The zero-order chi connectivity index (χ0) is 60.0. The van der Waals surface area contributed by atoms with Crippen LogP contribution >= 0.6 is 11.3 Å². The van der Waals surface area contributed by atoms with Gasteiger partial charge in [0, 0.05) is 66.3 Å². The number of fused-ring (bicyclic) bond motifs is 7. The van der Waals surface area contributed by atoms with E-state index in [-0.39, 0.29) is 78.6 Å². The Morgan fingerprint density at radius 2 is 1.61 bits per heavy atom. The lowest BCUT2D eigenvalue weighted by molar-refractivity contribution is -0.271. The highest BCUT2D eigenvalue weighted by atomic mass is 32.1. The first-order valence-electron chi connectivity index (χ1n) is 27.4. The lowest BCUT2D eigenvalue weighted by Crippen LogP contribution is -2.63. The van der Waals surface area contributed by atoms with Gasteiger partial charge in [0.05, 0.1) is 29.3 Å². The van der Waals surface area contributed by atoms with E-state index in [4.69, 9.17) is 28.5 Å². The number of thiazole rings is 1. The van der Waals surface area contributed by atoms with Gasteiger partial charge in [-0.15, -0.1) is 16.4 Å². The standard InChI is InChI=1S/C57H63N5O21S/c1-55-17-15-31(64)21-30(55)8-9-32-33-22-38-57(37(66)24-63,56(33,2)23-35(65)46(32)55)82-52(80-38)29-6-3-27(4-7-29)20-42-60-39(26-84-42)61-54(77)78-25-28-5-10-36(79-53-49(74)47(72)48(73)50(81-53)51(75)76)34(19-28)59-41(68)16-18-58-40(67)11-14-45(71)83-62-43(69)12-13-44(62)70/h3-7,10,15,17,19,21,26,32-33,35,38,46-50,52-53,63,65,72-74H,8-9,11-14,16,18,20,22-25H2,1-2H3,(H,58,67)(H,59,68)(H,61,77)(H,75,76)/t32-,33-,35-,38+,46+,47-,48-,49+,50-,52+,53+,55-,56-,57+/m0/s1. The molecule has 5 amide bonds. The summed E-state index contributed by atoms with van der Waals surface area (Å²) in [7, 11) is 0. The number of rotatable bonds is 19. The number of nitrogens with zero attached hydrogens (tertiary/aromatic N) is 2. The summed E-state index contributed by atoms with van der Waals surface area (Å²) in [6.07, 6.45) is -6.92. The number of ketones is 2. The van der Waals surface area contributed by atoms with E-state index in [9.17, 15) is 73.8 Å². The highest BCUT2D eigenvalue weighted by molar-refractivity contribution is 7.10. The normalized spacial score (nSPS) is 32.1. The van der Waals surface area contributed by atoms with Crippen molar-refractivity contribution in [2.24, 2.45) is 28.6 Å². The van der Waals surface area contributed by atoms with Crippen LogP contribution < -0.4 is 20.7 Å². The van der Waals surface area contributed by atoms with E-state index in [0.29, 0.717) is 34.9 Å². The molecule has 0 bridgehead atoms. The van der Waals surface area contributed by atoms with Gasteiger partial charge in [-0.05, 0) is 72.9 Å². The van der Waals surface area contributed by atoms with Crippen molar-refractivity contribution in [1.29, 1.82) is 0 Å². The quantitative estimate of drug-likeness (QED) is 0.0777. The average Bonchev–Trinajstić information content (AvgIpc) is 1.48. The average molecular weight is 1190 g/mol. The molecule has 0 radical (unpaired) electrons. The monoisotopic (exact) mass is 1190 g/mol. The van der Waals surface area contributed by atoms with Crippen molar-refractivity contribution in [3.63, 3.8) is 0 Å². The fourth-order valence-electron chi connectivity index (χ4n) is 13.3. The molecule has 27 heteroatoms. The number of imide groups is 1. The van der Waals surface area contributed by atoms with Crippen LogP contribution in [0.3, 0.4) is 0 Å². The molecule has 14 atom stereocenters. The maximum Gasteiger partial charge on any atom is 0.413 e. The molecule has 4 heterocycles. The highest BCUT2D eigenvalue weighted by Crippen LogP contribution is 2.70. The van der Waals surface area contributed by atoms with Crippen LogP contribution in [0.1, 0.15) is 99.6 Å². The third-order valence-electron chi connectivity index (χ3n) is 17.4. The molecule has 84 heavy (non-hydrogen) atoms. The zero-order valence-electron chi connectivity index (χ0n) is 45.5. The molecule has 4 aliphatic carbocycles. The number of carbonyl (C=O) groups is 9. The third-order valence-corrected chi connectivity index (χ3v) is 18.2. The summed E-state index contributed by atoms with van der Waals surface area (Å²) < 4.78 is 29.8. The lowest BCUT2D eigenvalue weighted by Gasteiger charge is -2.59. The second kappa shape index (κ2) is 24.0. The minimum absolute atomic E-state index is 0.0143. The van der Waals surface area contributed by atoms with Crippen LogP contribution in [0.2, 0.25) is 0 Å². The van der Waals surface area contributed by atoms with Gasteiger partial charge in [0.1, 0.15) is 43.1 Å². The van der Waals surface area contributed by atoms with Gasteiger partial charge in [0.2, 0.25) is 18.1 Å². The molecule has 10 rings (SSSR count). The van der Waals surface area contributed by atoms with Crippen LogP contribution in [0.15, 0.2) is 71.6 Å². The molecule has 3 aliphatic heterocycles. The molecular weight excluding hydrogens is 1120 g/mol. The summed E-state index contributed by atoms with van der Waals surface area (Å²) in [6, 6.07) is 11.4. The predicted octanol–water partition coefficient (Wildman–Crippen LogP) is 2.19. The number of benzene rings is 2. The Morgan fingerprint density at radius 1 is 0.869 bits per heavy atom. The molecule has 3 saturated heterocycles. The number of nitrogens with one attached hydrogen (secondary N) is 3. The summed E-state index contributed by atoms with van der Waals surface area (Å²) in [6.45, 7) is 2.66. The Labute approximate surface area is 483 Å². The van der Waals surface area contributed by atoms with Crippen molar-refractivity contribution in [2.75, 3.05) is 23.8 Å². The Kier molecular flexibility index (Phi) is 17.1. The first kappa shape index (κ1) is 59.8. The number of aromatic nitrogens is 1. The molecular formula is C57H63N5O21S. The SMILES string of the molecule is C[C@]12C=CC(=O)C=C1CC[C@@H]1[C@@H]2[C@@H](O)C[C@@]2(C)[C@H]1C[C@H]1O[C@@H](c3ccc(Cc4nc(NC(=O)OCc5ccc(O[C@@H]6O[C@H](C(=O)O)[C@@H](O)[C@H](O)[C@H]6O)c(NC(=O)CCNC(=O)CCC(=O)ON6C(=O)CCC6=O)c5)cs4)cc3)O[C@]12C(=O)CO. The molecule has 6 fully saturated rings. The van der Waals surface area contributed by atoms with Gasteiger partial charge in [-0.1, -0.05) is 55.8 Å². The number of ether oxygens (including phenoxy) is 5. The van der Waals surface area contributed by atoms with E-state index in [0.717, 1.165) is 17.6 Å². The van der Waals surface area contributed by atoms with E-state index in [1.54, 1.807) is 17.5 Å². The summed E-state index contributed by atoms with van der Waals surface area (Å²) in [5.74, 6) is -6.23. The number of anilines is 2. The topological polar surface area (TPSA) is 383 Å². The van der Waals surface area contributed by atoms with Crippen molar-refractivity contribution < 1.29 is 102 Å². The Bertz CT molecular complexity index is 3190. The van der Waals surface area contributed by atoms with Crippen molar-refractivity contribution in [1.82, 2.24) is 15.4 Å². The molecule has 0 unspecified atom stereocenters. The number of carbonyl (C=O) groups excluding carboxylic acids is 8. The van der Waals surface area contributed by atoms with Crippen LogP contribution in [0, 0.1) is 28.6 Å². The summed E-state index contributed by atoms with van der Waals surface area (Å²) in [4.78, 5) is 122. The molecule has 1 aromatic heterocycles. The fraction of sp³-hybridized carbons (Fsp3) is 0.509. The lowest BCUT2D eigenvalue weighted by atomic mass is 9.46. The molecule has 7 aliphatic rings. The van der Waals surface area contributed by atoms with Crippen LogP contribution in [-0.4, -0.2) is 156 Å². The molecule has 448 valence electrons. The second-order valence-electron chi connectivity index (χ2n) is 22.5. The van der Waals surface area contributed by atoms with Gasteiger partial charge in [-0.25, -0.2) is 19.4 Å². The van der Waals surface area contributed by atoms with E-state index in [1.165, 1.54) is 29.5 Å². The summed E-state index contributed by atoms with van der Waals surface area (Å²) in [5.41, 5.74) is -0.212. The number of hydrogen-bond acceptors (Lipinski definition) is 22.